The van der Waals surface area contributed by atoms with Gasteiger partial charge in [-0.05, 0) is 39.3 Å². The molecule has 0 bridgehead atoms. The van der Waals surface area contributed by atoms with Crippen LogP contribution in [0.25, 0.3) is 0 Å². The van der Waals surface area contributed by atoms with Crippen molar-refractivity contribution in [1.82, 2.24) is 20.4 Å². The lowest BCUT2D eigenvalue weighted by atomic mass is 10.00. The van der Waals surface area contributed by atoms with Crippen LogP contribution >= 0.6 is 11.3 Å². The third kappa shape index (κ3) is 4.33. The van der Waals surface area contributed by atoms with Gasteiger partial charge < -0.3 is 15.7 Å². The molecule has 0 saturated carbocycles. The highest BCUT2D eigenvalue weighted by atomic mass is 32.1. The highest BCUT2D eigenvalue weighted by Crippen LogP contribution is 2.26. The van der Waals surface area contributed by atoms with Crippen LogP contribution in [0.4, 0.5) is 4.79 Å². The van der Waals surface area contributed by atoms with Gasteiger partial charge in [0.2, 0.25) is 0 Å². The van der Waals surface area contributed by atoms with Crippen LogP contribution in [0.3, 0.4) is 0 Å². The normalized spacial score (nSPS) is 15.0. The lowest BCUT2D eigenvalue weighted by Gasteiger charge is -2.23. The minimum Gasteiger partial charge on any atom is -0.383 e. The second-order valence-electron chi connectivity index (χ2n) is 6.09. The minimum absolute atomic E-state index is 0.0803. The van der Waals surface area contributed by atoms with E-state index in [1.54, 1.807) is 42.4 Å². The molecule has 0 spiro atoms. The standard InChI is InChI=1S/C16H24N4O2S/c1-10-6-14(12(3)23-10)11(2)19-15(21)17-9-16(4,22)13-7-18-20(5)8-13/h6-8,11,22H,9H2,1-5H3,(H2,17,19,21)/t11-,16+/m1/s1. The molecule has 0 aliphatic carbocycles. The molecule has 2 atom stereocenters. The molecule has 0 saturated heterocycles. The van der Waals surface area contributed by atoms with Gasteiger partial charge in [0.15, 0.2) is 0 Å². The topological polar surface area (TPSA) is 79.2 Å². The Balaban J connectivity index is 1.91. The first-order valence-corrected chi connectivity index (χ1v) is 8.33. The van der Waals surface area contributed by atoms with Gasteiger partial charge in [-0.3, -0.25) is 4.68 Å². The first-order chi connectivity index (χ1) is 10.7. The monoisotopic (exact) mass is 336 g/mol. The summed E-state index contributed by atoms with van der Waals surface area (Å²) in [6.45, 7) is 7.82. The van der Waals surface area contributed by atoms with E-state index in [2.05, 4.69) is 35.6 Å². The fourth-order valence-electron chi connectivity index (χ4n) is 2.46. The number of carbonyl (C=O) groups excluding carboxylic acids is 1. The van der Waals surface area contributed by atoms with Crippen LogP contribution in [-0.2, 0) is 12.6 Å². The number of aryl methyl sites for hydroxylation is 3. The Hall–Kier alpha value is -1.86. The van der Waals surface area contributed by atoms with Crippen LogP contribution < -0.4 is 10.6 Å². The summed E-state index contributed by atoms with van der Waals surface area (Å²) in [5.41, 5.74) is 0.628. The van der Waals surface area contributed by atoms with Crippen molar-refractivity contribution >= 4 is 17.4 Å². The lowest BCUT2D eigenvalue weighted by Crippen LogP contribution is -2.44. The minimum atomic E-state index is -1.16. The number of nitrogens with zero attached hydrogens (tertiary/aromatic N) is 2. The molecule has 0 aromatic carbocycles. The molecule has 7 heteroatoms. The maximum Gasteiger partial charge on any atom is 0.315 e. The molecule has 2 aromatic heterocycles. The SMILES string of the molecule is Cc1cc([C@@H](C)NC(=O)NC[C@](C)(O)c2cnn(C)c2)c(C)s1. The summed E-state index contributed by atoms with van der Waals surface area (Å²) >= 11 is 1.72. The largest absolute Gasteiger partial charge is 0.383 e. The average Bonchev–Trinajstić information content (AvgIpc) is 3.03. The number of urea groups is 1. The van der Waals surface area contributed by atoms with Crippen molar-refractivity contribution in [3.8, 4) is 0 Å². The average molecular weight is 336 g/mol. The molecule has 3 N–H and O–H groups in total. The van der Waals surface area contributed by atoms with Gasteiger partial charge in [0.05, 0.1) is 18.8 Å². The first-order valence-electron chi connectivity index (χ1n) is 7.52. The Labute approximate surface area is 140 Å². The molecule has 0 aliphatic heterocycles. The van der Waals surface area contributed by atoms with E-state index in [1.165, 1.54) is 9.75 Å². The molecule has 6 nitrogen and oxygen atoms in total. The number of amides is 2. The van der Waals surface area contributed by atoms with Gasteiger partial charge >= 0.3 is 6.03 Å². The van der Waals surface area contributed by atoms with Gasteiger partial charge in [-0.2, -0.15) is 5.10 Å². The summed E-state index contributed by atoms with van der Waals surface area (Å²) in [6, 6.07) is 1.71. The maximum atomic E-state index is 12.1. The zero-order valence-corrected chi connectivity index (χ0v) is 15.0. The number of rotatable bonds is 5. The van der Waals surface area contributed by atoms with Crippen molar-refractivity contribution in [3.63, 3.8) is 0 Å². The Bertz CT molecular complexity index is 690. The van der Waals surface area contributed by atoms with E-state index in [4.69, 9.17) is 0 Å². The van der Waals surface area contributed by atoms with Crippen molar-refractivity contribution in [2.45, 2.75) is 39.3 Å². The molecule has 0 radical (unpaired) electrons. The van der Waals surface area contributed by atoms with E-state index < -0.39 is 5.60 Å². The molecule has 2 amide bonds. The molecular weight excluding hydrogens is 312 g/mol. The number of thiophene rings is 1. The quantitative estimate of drug-likeness (QED) is 0.784. The van der Waals surface area contributed by atoms with Gasteiger partial charge in [-0.1, -0.05) is 0 Å². The number of carbonyl (C=O) groups is 1. The summed E-state index contributed by atoms with van der Waals surface area (Å²) < 4.78 is 1.62. The van der Waals surface area contributed by atoms with Crippen molar-refractivity contribution in [2.75, 3.05) is 6.54 Å². The maximum absolute atomic E-state index is 12.1. The van der Waals surface area contributed by atoms with Crippen molar-refractivity contribution in [3.05, 3.63) is 39.3 Å². The second kappa shape index (κ2) is 6.72. The fourth-order valence-corrected chi connectivity index (χ4v) is 3.48. The Morgan fingerprint density at radius 1 is 1.52 bits per heavy atom. The Morgan fingerprint density at radius 3 is 2.74 bits per heavy atom. The second-order valence-corrected chi connectivity index (χ2v) is 7.55. The van der Waals surface area contributed by atoms with E-state index in [1.807, 2.05) is 6.92 Å². The van der Waals surface area contributed by atoms with Crippen LogP contribution in [-0.4, -0.2) is 27.5 Å². The predicted octanol–water partition coefficient (Wildman–Crippen LogP) is 2.37. The lowest BCUT2D eigenvalue weighted by molar-refractivity contribution is 0.0592. The van der Waals surface area contributed by atoms with E-state index >= 15 is 0 Å². The highest BCUT2D eigenvalue weighted by molar-refractivity contribution is 7.12. The summed E-state index contributed by atoms with van der Waals surface area (Å²) in [5, 5.41) is 20.1. The summed E-state index contributed by atoms with van der Waals surface area (Å²) in [4.78, 5) is 14.5. The van der Waals surface area contributed by atoms with Gasteiger partial charge in [0.1, 0.15) is 5.60 Å². The van der Waals surface area contributed by atoms with Crippen LogP contribution in [0, 0.1) is 13.8 Å². The Morgan fingerprint density at radius 2 is 2.22 bits per heavy atom. The third-order valence-corrected chi connectivity index (χ3v) is 4.80. The number of hydrogen-bond donors (Lipinski definition) is 3. The highest BCUT2D eigenvalue weighted by Gasteiger charge is 2.25. The van der Waals surface area contributed by atoms with Gasteiger partial charge in [0, 0.05) is 28.6 Å². The van der Waals surface area contributed by atoms with Crippen LogP contribution in [0.1, 0.15) is 40.8 Å². The number of aromatic nitrogens is 2. The first kappa shape index (κ1) is 17.5. The molecule has 23 heavy (non-hydrogen) atoms. The van der Waals surface area contributed by atoms with Crippen molar-refractivity contribution in [2.24, 2.45) is 7.05 Å². The van der Waals surface area contributed by atoms with Crippen LogP contribution in [0.5, 0.6) is 0 Å². The summed E-state index contributed by atoms with van der Waals surface area (Å²) in [6.07, 6.45) is 3.33. The van der Waals surface area contributed by atoms with E-state index in [0.717, 1.165) is 5.56 Å². The van der Waals surface area contributed by atoms with E-state index in [9.17, 15) is 9.90 Å². The Kier molecular flexibility index (Phi) is 5.11. The molecule has 2 rings (SSSR count). The van der Waals surface area contributed by atoms with E-state index in [-0.39, 0.29) is 18.6 Å². The molecule has 0 unspecified atom stereocenters. The number of nitrogens with one attached hydrogen (secondary N) is 2. The predicted molar refractivity (Wildman–Crippen MR) is 91.5 cm³/mol. The molecule has 0 fully saturated rings. The summed E-state index contributed by atoms with van der Waals surface area (Å²) in [7, 11) is 1.78. The van der Waals surface area contributed by atoms with E-state index in [0.29, 0.717) is 5.56 Å². The van der Waals surface area contributed by atoms with Crippen molar-refractivity contribution < 1.29 is 9.90 Å². The zero-order chi connectivity index (χ0) is 17.2. The number of aliphatic hydroxyl groups is 1. The zero-order valence-electron chi connectivity index (χ0n) is 14.2. The van der Waals surface area contributed by atoms with Gasteiger partial charge in [-0.15, -0.1) is 11.3 Å². The van der Waals surface area contributed by atoms with Gasteiger partial charge in [0.25, 0.3) is 0 Å². The molecule has 2 aromatic rings. The van der Waals surface area contributed by atoms with Gasteiger partial charge in [-0.25, -0.2) is 4.79 Å². The van der Waals surface area contributed by atoms with Crippen LogP contribution in [0.15, 0.2) is 18.5 Å². The smallest absolute Gasteiger partial charge is 0.315 e. The summed E-state index contributed by atoms with van der Waals surface area (Å²) in [5.74, 6) is 0. The molecule has 126 valence electrons. The molecular formula is C16H24N4O2S. The third-order valence-electron chi connectivity index (χ3n) is 3.81. The van der Waals surface area contributed by atoms with Crippen LogP contribution in [0.2, 0.25) is 0 Å². The molecule has 2 heterocycles. The van der Waals surface area contributed by atoms with Crippen molar-refractivity contribution in [1.29, 1.82) is 0 Å². The number of hydrogen-bond acceptors (Lipinski definition) is 4. The molecule has 0 aliphatic rings. The fraction of sp³-hybridized carbons (Fsp3) is 0.500.